The molecule has 0 N–H and O–H groups in total. The number of halogens is 3. The van der Waals surface area contributed by atoms with Crippen LogP contribution in [-0.4, -0.2) is 16.8 Å². The van der Waals surface area contributed by atoms with Crippen molar-refractivity contribution in [3.63, 3.8) is 0 Å². The average molecular weight is 355 g/mol. The lowest BCUT2D eigenvalue weighted by atomic mass is 9.70. The van der Waals surface area contributed by atoms with E-state index in [0.29, 0.717) is 0 Å². The molecule has 1 radical (unpaired) electrons. The summed E-state index contributed by atoms with van der Waals surface area (Å²) in [7, 11) is 1.77. The van der Waals surface area contributed by atoms with Crippen molar-refractivity contribution < 1.29 is 13.2 Å². The fourth-order valence-corrected chi connectivity index (χ4v) is 2.20. The van der Waals surface area contributed by atoms with Crippen molar-refractivity contribution in [3.05, 3.63) is 90.4 Å². The number of imidazole rings is 1. The van der Waals surface area contributed by atoms with Crippen LogP contribution in [0, 0.1) is 0 Å². The minimum atomic E-state index is -4.33. The Morgan fingerprint density at radius 2 is 1.73 bits per heavy atom. The van der Waals surface area contributed by atoms with E-state index in [9.17, 15) is 13.2 Å². The second kappa shape index (κ2) is 9.66. The predicted molar refractivity (Wildman–Crippen MR) is 100 cm³/mol. The number of rotatable bonds is 4. The Morgan fingerprint density at radius 3 is 2.31 bits per heavy atom. The molecule has 1 aromatic heterocycles. The van der Waals surface area contributed by atoms with Gasteiger partial charge in [-0.25, -0.2) is 4.98 Å². The number of hydrogen-bond acceptors (Lipinski definition) is 1. The highest BCUT2D eigenvalue weighted by molar-refractivity contribution is 6.59. The van der Waals surface area contributed by atoms with Crippen LogP contribution in [0.15, 0.2) is 79.3 Å². The molecule has 0 bridgehead atoms. The number of aryl methyl sites for hydroxylation is 1. The van der Waals surface area contributed by atoms with E-state index in [-0.39, 0.29) is 5.56 Å². The lowest BCUT2D eigenvalue weighted by molar-refractivity contribution is -0.137. The smallest absolute Gasteiger partial charge is 0.338 e. The van der Waals surface area contributed by atoms with Crippen molar-refractivity contribution >= 4 is 18.8 Å². The highest BCUT2D eigenvalue weighted by Crippen LogP contribution is 2.32. The molecule has 26 heavy (non-hydrogen) atoms. The SMILES string of the molecule is CCn1ccnc1.FC(F)(F)c1ccccc1C=C[B]c1ccccc1. The molecule has 0 saturated carbocycles. The topological polar surface area (TPSA) is 17.8 Å². The van der Waals surface area contributed by atoms with Gasteiger partial charge in [0.15, 0.2) is 7.28 Å². The largest absolute Gasteiger partial charge is 0.416 e. The van der Waals surface area contributed by atoms with Gasteiger partial charge in [-0.2, -0.15) is 13.2 Å². The fourth-order valence-electron chi connectivity index (χ4n) is 2.20. The van der Waals surface area contributed by atoms with E-state index in [4.69, 9.17) is 0 Å². The lowest BCUT2D eigenvalue weighted by Crippen LogP contribution is -2.10. The summed E-state index contributed by atoms with van der Waals surface area (Å²) in [5.74, 6) is 1.62. The highest BCUT2D eigenvalue weighted by Gasteiger charge is 2.32. The van der Waals surface area contributed by atoms with Gasteiger partial charge >= 0.3 is 6.18 Å². The van der Waals surface area contributed by atoms with E-state index < -0.39 is 11.7 Å². The number of alkyl halides is 3. The first-order valence-corrected chi connectivity index (χ1v) is 8.19. The fraction of sp³-hybridized carbons (Fsp3) is 0.150. The molecule has 0 saturated heterocycles. The monoisotopic (exact) mass is 355 g/mol. The normalized spacial score (nSPS) is 11.1. The summed E-state index contributed by atoms with van der Waals surface area (Å²) >= 11 is 0. The van der Waals surface area contributed by atoms with Gasteiger partial charge in [-0.05, 0) is 18.6 Å². The van der Waals surface area contributed by atoms with Crippen LogP contribution in [0.5, 0.6) is 0 Å². The highest BCUT2D eigenvalue weighted by atomic mass is 19.4. The second-order valence-electron chi connectivity index (χ2n) is 5.41. The van der Waals surface area contributed by atoms with Crippen LogP contribution >= 0.6 is 0 Å². The number of hydrogen-bond donors (Lipinski definition) is 0. The molecule has 2 nitrogen and oxygen atoms in total. The zero-order valence-electron chi connectivity index (χ0n) is 14.4. The third kappa shape index (κ3) is 6.28. The number of aromatic nitrogens is 2. The standard InChI is InChI=1S/C15H11BF3.C5H8N2/c17-15(18,19)14-9-5-4-6-12(14)10-11-16-13-7-2-1-3-8-13;1-2-7-4-3-6-5-7/h1-11H;3-5H,2H2,1H3. The number of benzene rings is 2. The first-order valence-electron chi connectivity index (χ1n) is 8.19. The predicted octanol–water partition coefficient (Wildman–Crippen LogP) is 4.61. The first kappa shape index (κ1) is 19.6. The maximum absolute atomic E-state index is 12.8. The molecule has 1 heterocycles. The minimum absolute atomic E-state index is 0.169. The van der Waals surface area contributed by atoms with E-state index in [1.165, 1.54) is 18.2 Å². The molecular formula is C20H19BF3N2. The summed E-state index contributed by atoms with van der Waals surface area (Å²) in [5, 5.41) is 0. The molecule has 0 fully saturated rings. The van der Waals surface area contributed by atoms with Crippen LogP contribution in [0.1, 0.15) is 18.1 Å². The van der Waals surface area contributed by atoms with Gasteiger partial charge in [-0.15, -0.1) is 5.98 Å². The molecule has 2 aromatic carbocycles. The van der Waals surface area contributed by atoms with Crippen molar-refractivity contribution in [2.45, 2.75) is 19.6 Å². The van der Waals surface area contributed by atoms with Gasteiger partial charge in [0, 0.05) is 18.9 Å². The Labute approximate surface area is 152 Å². The van der Waals surface area contributed by atoms with Crippen molar-refractivity contribution in [1.82, 2.24) is 9.55 Å². The zero-order valence-corrected chi connectivity index (χ0v) is 14.4. The molecule has 3 rings (SSSR count). The van der Waals surface area contributed by atoms with E-state index in [2.05, 4.69) is 11.9 Å². The van der Waals surface area contributed by atoms with Crippen molar-refractivity contribution in [3.8, 4) is 0 Å². The molecule has 0 atom stereocenters. The van der Waals surface area contributed by atoms with Crippen LogP contribution < -0.4 is 5.46 Å². The van der Waals surface area contributed by atoms with Crippen molar-refractivity contribution in [2.75, 3.05) is 0 Å². The van der Waals surface area contributed by atoms with Gasteiger partial charge in [-0.1, -0.05) is 60.1 Å². The summed E-state index contributed by atoms with van der Waals surface area (Å²) < 4.78 is 40.3. The van der Waals surface area contributed by atoms with Gasteiger partial charge in [0.05, 0.1) is 11.9 Å². The summed E-state index contributed by atoms with van der Waals surface area (Å²) in [6.07, 6.45) is 2.67. The van der Waals surface area contributed by atoms with E-state index >= 15 is 0 Å². The van der Waals surface area contributed by atoms with Gasteiger partial charge in [0.2, 0.25) is 0 Å². The molecule has 0 spiro atoms. The second-order valence-corrected chi connectivity index (χ2v) is 5.41. The minimum Gasteiger partial charge on any atom is -0.338 e. The van der Waals surface area contributed by atoms with Crippen molar-refractivity contribution in [1.29, 1.82) is 0 Å². The molecule has 0 aliphatic carbocycles. The Morgan fingerprint density at radius 1 is 1.04 bits per heavy atom. The lowest BCUT2D eigenvalue weighted by Gasteiger charge is -2.09. The zero-order chi connectivity index (χ0) is 18.8. The van der Waals surface area contributed by atoms with Gasteiger partial charge in [0.25, 0.3) is 0 Å². The van der Waals surface area contributed by atoms with Crippen LogP contribution in [0.3, 0.4) is 0 Å². The number of nitrogens with zero attached hydrogens (tertiary/aromatic N) is 2. The third-order valence-electron chi connectivity index (χ3n) is 3.55. The Kier molecular flexibility index (Phi) is 7.27. The van der Waals surface area contributed by atoms with E-state index in [1.54, 1.807) is 31.8 Å². The molecule has 0 aliphatic rings. The molecule has 6 heteroatoms. The van der Waals surface area contributed by atoms with Gasteiger partial charge < -0.3 is 4.57 Å². The maximum atomic E-state index is 12.8. The van der Waals surface area contributed by atoms with Crippen LogP contribution in [0.4, 0.5) is 13.2 Å². The Balaban J connectivity index is 0.000000290. The molecule has 0 unspecified atom stereocenters. The van der Waals surface area contributed by atoms with E-state index in [1.807, 2.05) is 41.1 Å². The van der Waals surface area contributed by atoms with Crippen molar-refractivity contribution in [2.24, 2.45) is 0 Å². The summed E-state index contributed by atoms with van der Waals surface area (Å²) in [6.45, 7) is 3.10. The first-order chi connectivity index (χ1) is 12.5. The maximum Gasteiger partial charge on any atom is 0.416 e. The Hall–Kier alpha value is -2.76. The molecule has 133 valence electrons. The quantitative estimate of drug-likeness (QED) is 0.625. The van der Waals surface area contributed by atoms with Gasteiger partial charge in [0.1, 0.15) is 0 Å². The third-order valence-corrected chi connectivity index (χ3v) is 3.55. The van der Waals surface area contributed by atoms with Crippen LogP contribution in [0.2, 0.25) is 0 Å². The van der Waals surface area contributed by atoms with Gasteiger partial charge in [-0.3, -0.25) is 0 Å². The summed E-state index contributed by atoms with van der Waals surface area (Å²) in [6, 6.07) is 14.9. The molecule has 0 aliphatic heterocycles. The summed E-state index contributed by atoms with van der Waals surface area (Å²) in [4.78, 5) is 3.86. The van der Waals surface area contributed by atoms with Crippen LogP contribution in [0.25, 0.3) is 6.08 Å². The molecule has 0 amide bonds. The van der Waals surface area contributed by atoms with E-state index in [0.717, 1.165) is 18.1 Å². The van der Waals surface area contributed by atoms with Crippen LogP contribution in [-0.2, 0) is 12.7 Å². The Bertz CT molecular complexity index is 797. The molecular weight excluding hydrogens is 336 g/mol. The average Bonchev–Trinajstić information content (AvgIpc) is 3.17. The molecule has 3 aromatic rings. The summed E-state index contributed by atoms with van der Waals surface area (Å²) in [5.41, 5.74) is 0.498.